The molecule has 9 atom stereocenters. The quantitative estimate of drug-likeness (QED) is 0.386. The van der Waals surface area contributed by atoms with E-state index in [4.69, 9.17) is 4.74 Å². The zero-order chi connectivity index (χ0) is 26.4. The van der Waals surface area contributed by atoms with Crippen molar-refractivity contribution < 1.29 is 17.9 Å². The lowest BCUT2D eigenvalue weighted by Gasteiger charge is -2.63. The number of aromatic nitrogens is 1. The van der Waals surface area contributed by atoms with Crippen molar-refractivity contribution in [1.82, 2.24) is 9.71 Å². The van der Waals surface area contributed by atoms with Gasteiger partial charge in [-0.2, -0.15) is 8.42 Å². The van der Waals surface area contributed by atoms with Gasteiger partial charge >= 0.3 is 6.09 Å². The fourth-order valence-electron chi connectivity index (χ4n) is 10.1. The van der Waals surface area contributed by atoms with Gasteiger partial charge in [0.25, 0.3) is 10.0 Å². The van der Waals surface area contributed by atoms with E-state index in [1.807, 2.05) is 4.72 Å². The van der Waals surface area contributed by atoms with Crippen LogP contribution in [0.2, 0.25) is 0 Å². The highest BCUT2D eigenvalue weighted by molar-refractivity contribution is 7.92. The first kappa shape index (κ1) is 27.4. The van der Waals surface area contributed by atoms with Gasteiger partial charge in [0.05, 0.1) is 6.61 Å². The van der Waals surface area contributed by atoms with Crippen molar-refractivity contribution in [3.63, 3.8) is 0 Å². The van der Waals surface area contributed by atoms with Crippen LogP contribution in [0, 0.1) is 52.3 Å². The van der Waals surface area contributed by atoms with Gasteiger partial charge in [0.1, 0.15) is 0 Å². The Morgan fingerprint density at radius 2 is 1.92 bits per heavy atom. The largest absolute Gasteiger partial charge is 0.449 e. The Morgan fingerprint density at radius 1 is 1.14 bits per heavy atom. The summed E-state index contributed by atoms with van der Waals surface area (Å²) in [6.45, 7) is 10.2. The maximum absolute atomic E-state index is 12.2. The SMILES string of the molecule is CC[C@H]1C[C@H]2C3CCC([C@H](C)CCOC(=O)NS(=O)(=O)c4nccs4)[C@@]3(C)CC[C@@H]2[C@@]2(C)CCCC[C@@H]12. The van der Waals surface area contributed by atoms with Gasteiger partial charge in [0.2, 0.25) is 4.34 Å². The van der Waals surface area contributed by atoms with Crippen LogP contribution >= 0.6 is 11.3 Å². The van der Waals surface area contributed by atoms with Gasteiger partial charge in [-0.15, -0.1) is 11.3 Å². The molecule has 0 bridgehead atoms. The van der Waals surface area contributed by atoms with E-state index < -0.39 is 16.1 Å². The molecule has 0 spiro atoms. The Bertz CT molecular complexity index is 1060. The van der Waals surface area contributed by atoms with Gasteiger partial charge in [0, 0.05) is 11.6 Å². The second kappa shape index (κ2) is 10.4. The molecule has 0 aliphatic heterocycles. The normalized spacial score (nSPS) is 40.2. The third-order valence-corrected chi connectivity index (χ3v) is 14.2. The first-order valence-electron chi connectivity index (χ1n) is 14.7. The Hall–Kier alpha value is -1.15. The molecule has 1 N–H and O–H groups in total. The fraction of sp³-hybridized carbons (Fsp3) is 0.862. The third-order valence-electron chi connectivity index (χ3n) is 11.7. The zero-order valence-corrected chi connectivity index (χ0v) is 24.7. The number of rotatable bonds is 7. The maximum atomic E-state index is 12.2. The van der Waals surface area contributed by atoms with Gasteiger partial charge < -0.3 is 4.74 Å². The van der Waals surface area contributed by atoms with Crippen molar-refractivity contribution in [2.45, 2.75) is 103 Å². The van der Waals surface area contributed by atoms with Gasteiger partial charge in [-0.05, 0) is 104 Å². The number of hydrogen-bond donors (Lipinski definition) is 1. The highest BCUT2D eigenvalue weighted by Crippen LogP contribution is 2.69. The Labute approximate surface area is 227 Å². The molecule has 6 nitrogen and oxygen atoms in total. The first-order valence-corrected chi connectivity index (χ1v) is 17.1. The molecule has 4 fully saturated rings. The van der Waals surface area contributed by atoms with Crippen molar-refractivity contribution in [3.8, 4) is 0 Å². The third kappa shape index (κ3) is 4.87. The molecule has 1 aromatic heterocycles. The van der Waals surface area contributed by atoms with Crippen molar-refractivity contribution in [2.24, 2.45) is 52.3 Å². The van der Waals surface area contributed by atoms with Crippen LogP contribution in [0.3, 0.4) is 0 Å². The van der Waals surface area contributed by atoms with Gasteiger partial charge in [-0.25, -0.2) is 14.5 Å². The summed E-state index contributed by atoms with van der Waals surface area (Å²) in [4.78, 5) is 15.9. The highest BCUT2D eigenvalue weighted by atomic mass is 32.2. The number of fused-ring (bicyclic) bond motifs is 5. The summed E-state index contributed by atoms with van der Waals surface area (Å²) >= 11 is 0.973. The van der Waals surface area contributed by atoms with Crippen LogP contribution in [0.5, 0.6) is 0 Å². The number of ether oxygens (including phenoxy) is 1. The van der Waals surface area contributed by atoms with E-state index in [1.165, 1.54) is 70.4 Å². The van der Waals surface area contributed by atoms with E-state index >= 15 is 0 Å². The number of nitrogens with zero attached hydrogens (tertiary/aromatic N) is 1. The monoisotopic (exact) mass is 550 g/mol. The van der Waals surface area contributed by atoms with Crippen LogP contribution in [-0.4, -0.2) is 26.1 Å². The van der Waals surface area contributed by atoms with Crippen LogP contribution in [-0.2, 0) is 14.8 Å². The molecule has 0 aromatic carbocycles. The predicted octanol–water partition coefficient (Wildman–Crippen LogP) is 7.27. The van der Waals surface area contributed by atoms with Crippen molar-refractivity contribution >= 4 is 27.5 Å². The second-order valence-corrected chi connectivity index (χ2v) is 15.9. The van der Waals surface area contributed by atoms with Crippen molar-refractivity contribution in [2.75, 3.05) is 6.61 Å². The standard InChI is InChI=1S/C29H46N2O4S2/c1-5-20-18-21-24-10-9-22(29(24,4)14-11-25(21)28(3)13-7-6-8-23(20)28)19(2)12-16-35-26(32)31-37(33,34)27-30-15-17-36-27/h15,17,19-25H,5-14,16,18H2,1-4H3,(H,31,32)/t19-,20+,21+,22?,23+,24?,25+,28+,29-/m1/s1. The summed E-state index contributed by atoms with van der Waals surface area (Å²) in [5.74, 6) is 5.52. The highest BCUT2D eigenvalue weighted by Gasteiger charge is 2.61. The second-order valence-electron chi connectivity index (χ2n) is 13.2. The van der Waals surface area contributed by atoms with Gasteiger partial charge in [0.15, 0.2) is 0 Å². The van der Waals surface area contributed by atoms with Crippen molar-refractivity contribution in [3.05, 3.63) is 11.6 Å². The molecule has 208 valence electrons. The molecule has 8 heteroatoms. The molecule has 4 aliphatic rings. The maximum Gasteiger partial charge on any atom is 0.421 e. The summed E-state index contributed by atoms with van der Waals surface area (Å²) < 4.78 is 31.6. The van der Waals surface area contributed by atoms with E-state index in [0.717, 1.165) is 47.3 Å². The lowest BCUT2D eigenvalue weighted by Crippen LogP contribution is -2.55. The molecule has 4 saturated carbocycles. The number of sulfonamides is 1. The number of thiazole rings is 1. The number of hydrogen-bond acceptors (Lipinski definition) is 6. The van der Waals surface area contributed by atoms with Crippen LogP contribution in [0.25, 0.3) is 0 Å². The molecule has 2 unspecified atom stereocenters. The average molecular weight is 551 g/mol. The molecule has 0 radical (unpaired) electrons. The Morgan fingerprint density at radius 3 is 2.65 bits per heavy atom. The smallest absolute Gasteiger partial charge is 0.421 e. The van der Waals surface area contributed by atoms with E-state index in [1.54, 1.807) is 5.38 Å². The van der Waals surface area contributed by atoms with Crippen LogP contribution in [0.4, 0.5) is 4.79 Å². The summed E-state index contributed by atoms with van der Waals surface area (Å²) in [7, 11) is -3.96. The van der Waals surface area contributed by atoms with E-state index in [0.29, 0.717) is 22.7 Å². The Kier molecular flexibility index (Phi) is 7.74. The lowest BCUT2D eigenvalue weighted by atomic mass is 9.42. The predicted molar refractivity (Wildman–Crippen MR) is 147 cm³/mol. The molecule has 4 aliphatic carbocycles. The van der Waals surface area contributed by atoms with Crippen LogP contribution in [0.15, 0.2) is 15.9 Å². The minimum Gasteiger partial charge on any atom is -0.449 e. The first-order chi connectivity index (χ1) is 17.6. The average Bonchev–Trinajstić information content (AvgIpc) is 3.51. The topological polar surface area (TPSA) is 85.4 Å². The summed E-state index contributed by atoms with van der Waals surface area (Å²) in [6, 6.07) is 0. The minimum atomic E-state index is -3.96. The molecular formula is C29H46N2O4S2. The molecule has 1 heterocycles. The number of amides is 1. The Balaban J connectivity index is 1.20. The van der Waals surface area contributed by atoms with E-state index in [-0.39, 0.29) is 10.9 Å². The van der Waals surface area contributed by atoms with Crippen LogP contribution < -0.4 is 4.72 Å². The number of carbonyl (C=O) groups excluding carboxylic acids is 1. The molecule has 0 saturated heterocycles. The van der Waals surface area contributed by atoms with E-state index in [9.17, 15) is 13.2 Å². The van der Waals surface area contributed by atoms with Crippen molar-refractivity contribution in [1.29, 1.82) is 0 Å². The molecular weight excluding hydrogens is 504 g/mol. The zero-order valence-electron chi connectivity index (χ0n) is 23.1. The number of nitrogens with one attached hydrogen (secondary N) is 1. The van der Waals surface area contributed by atoms with Gasteiger partial charge in [-0.3, -0.25) is 0 Å². The molecule has 1 aromatic rings. The fourth-order valence-corrected chi connectivity index (χ4v) is 11.8. The molecule has 1 amide bonds. The van der Waals surface area contributed by atoms with E-state index in [2.05, 4.69) is 32.7 Å². The molecule has 5 rings (SSSR count). The summed E-state index contributed by atoms with van der Waals surface area (Å²) in [5, 5.41) is 1.56. The number of carbonyl (C=O) groups is 1. The minimum absolute atomic E-state index is 0.125. The van der Waals surface area contributed by atoms with Crippen LogP contribution in [0.1, 0.15) is 98.3 Å². The summed E-state index contributed by atoms with van der Waals surface area (Å²) in [6.07, 6.45) is 15.1. The lowest BCUT2D eigenvalue weighted by molar-refractivity contribution is -0.138. The summed E-state index contributed by atoms with van der Waals surface area (Å²) in [5.41, 5.74) is 0.917. The van der Waals surface area contributed by atoms with Gasteiger partial charge in [-0.1, -0.05) is 47.0 Å². The molecule has 37 heavy (non-hydrogen) atoms.